The molecule has 24 heavy (non-hydrogen) atoms. The van der Waals surface area contributed by atoms with Crippen LogP contribution < -0.4 is 10.7 Å². The average Bonchev–Trinajstić information content (AvgIpc) is 2.57. The Kier molecular flexibility index (Phi) is 8.01. The number of ether oxygens (including phenoxy) is 1. The highest BCUT2D eigenvalue weighted by Crippen LogP contribution is 2.29. The van der Waals surface area contributed by atoms with E-state index in [4.69, 9.17) is 40.2 Å². The molecule has 0 unspecified atom stereocenters. The second-order valence-electron chi connectivity index (χ2n) is 5.26. The van der Waals surface area contributed by atoms with Gasteiger partial charge in [0.25, 0.3) is 0 Å². The van der Waals surface area contributed by atoms with E-state index in [0.29, 0.717) is 15.7 Å². The third-order valence-electron chi connectivity index (χ3n) is 3.47. The van der Waals surface area contributed by atoms with E-state index in [2.05, 4.69) is 20.7 Å². The highest BCUT2D eigenvalue weighted by atomic mass is 35.5. The minimum Gasteiger partial charge on any atom is -0.506 e. The summed E-state index contributed by atoms with van der Waals surface area (Å²) in [5.74, 6) is -0.0731. The molecule has 9 heteroatoms. The maximum atomic E-state index is 9.81. The first-order valence-corrected chi connectivity index (χ1v) is 8.77. The Morgan fingerprint density at radius 2 is 2.12 bits per heavy atom. The van der Waals surface area contributed by atoms with Crippen LogP contribution in [0.25, 0.3) is 0 Å². The molecule has 6 nitrogen and oxygen atoms in total. The zero-order valence-corrected chi connectivity index (χ0v) is 15.4. The lowest BCUT2D eigenvalue weighted by Gasteiger charge is -2.26. The number of aromatic hydroxyl groups is 1. The Morgan fingerprint density at radius 3 is 2.88 bits per heavy atom. The van der Waals surface area contributed by atoms with Crippen LogP contribution in [0, 0.1) is 0 Å². The summed E-state index contributed by atoms with van der Waals surface area (Å²) in [6.45, 7) is 5.35. The van der Waals surface area contributed by atoms with Gasteiger partial charge in [0, 0.05) is 30.2 Å². The number of phenolic OH excluding ortho intramolecular Hbond substituents is 1. The molecule has 1 aromatic rings. The van der Waals surface area contributed by atoms with E-state index >= 15 is 0 Å². The number of hydrogen-bond acceptors (Lipinski definition) is 5. The number of hydrazone groups is 1. The monoisotopic (exact) mass is 390 g/mol. The molecule has 0 bridgehead atoms. The van der Waals surface area contributed by atoms with Gasteiger partial charge in [0.15, 0.2) is 5.11 Å². The van der Waals surface area contributed by atoms with Crippen LogP contribution in [0.15, 0.2) is 17.2 Å². The average molecular weight is 391 g/mol. The van der Waals surface area contributed by atoms with Crippen LogP contribution in [0.4, 0.5) is 0 Å². The molecule has 1 aliphatic heterocycles. The lowest BCUT2D eigenvalue weighted by atomic mass is 10.2. The summed E-state index contributed by atoms with van der Waals surface area (Å²) >= 11 is 16.9. The van der Waals surface area contributed by atoms with E-state index < -0.39 is 0 Å². The predicted octanol–water partition coefficient (Wildman–Crippen LogP) is 2.22. The first-order chi connectivity index (χ1) is 11.6. The van der Waals surface area contributed by atoms with Crippen molar-refractivity contribution >= 4 is 46.7 Å². The molecule has 0 aliphatic carbocycles. The van der Waals surface area contributed by atoms with Crippen molar-refractivity contribution in [3.05, 3.63) is 27.7 Å². The Bertz CT molecular complexity index is 595. The number of rotatable bonds is 6. The molecule has 1 aliphatic rings. The Morgan fingerprint density at radius 1 is 1.38 bits per heavy atom. The smallest absolute Gasteiger partial charge is 0.186 e. The molecule has 0 radical (unpaired) electrons. The number of phenols is 1. The summed E-state index contributed by atoms with van der Waals surface area (Å²) < 4.78 is 5.31. The van der Waals surface area contributed by atoms with Crippen molar-refractivity contribution in [2.24, 2.45) is 5.10 Å². The molecule has 0 aromatic heterocycles. The summed E-state index contributed by atoms with van der Waals surface area (Å²) in [6, 6.07) is 3.02. The molecular formula is C15H20Cl2N4O2S. The van der Waals surface area contributed by atoms with Crippen molar-refractivity contribution in [3.8, 4) is 5.75 Å². The van der Waals surface area contributed by atoms with Gasteiger partial charge >= 0.3 is 0 Å². The van der Waals surface area contributed by atoms with Gasteiger partial charge in [-0.3, -0.25) is 10.3 Å². The maximum Gasteiger partial charge on any atom is 0.186 e. The first-order valence-electron chi connectivity index (χ1n) is 7.61. The fourth-order valence-electron chi connectivity index (χ4n) is 2.21. The van der Waals surface area contributed by atoms with Crippen LogP contribution >= 0.6 is 35.4 Å². The number of benzene rings is 1. The van der Waals surface area contributed by atoms with E-state index in [1.54, 1.807) is 6.07 Å². The Hall–Kier alpha value is -1.12. The zero-order chi connectivity index (χ0) is 17.4. The van der Waals surface area contributed by atoms with Gasteiger partial charge in [-0.25, -0.2) is 0 Å². The maximum absolute atomic E-state index is 9.81. The van der Waals surface area contributed by atoms with Crippen LogP contribution in [0.5, 0.6) is 5.75 Å². The number of halogens is 2. The van der Waals surface area contributed by atoms with Crippen molar-refractivity contribution in [1.82, 2.24) is 15.6 Å². The second kappa shape index (κ2) is 10.0. The summed E-state index contributed by atoms with van der Waals surface area (Å²) in [4.78, 5) is 2.37. The van der Waals surface area contributed by atoms with E-state index in [1.807, 2.05) is 0 Å². The summed E-state index contributed by atoms with van der Waals surface area (Å²) in [7, 11) is 0. The van der Waals surface area contributed by atoms with Crippen molar-refractivity contribution in [2.75, 3.05) is 39.4 Å². The van der Waals surface area contributed by atoms with Crippen molar-refractivity contribution in [3.63, 3.8) is 0 Å². The molecule has 1 aromatic carbocycles. The molecular weight excluding hydrogens is 371 g/mol. The Balaban J connectivity index is 1.67. The van der Waals surface area contributed by atoms with Crippen molar-refractivity contribution in [1.29, 1.82) is 0 Å². The largest absolute Gasteiger partial charge is 0.506 e. The molecule has 0 spiro atoms. The van der Waals surface area contributed by atoms with Gasteiger partial charge in [-0.1, -0.05) is 23.2 Å². The number of nitrogens with zero attached hydrogens (tertiary/aromatic N) is 2. The van der Waals surface area contributed by atoms with E-state index in [-0.39, 0.29) is 10.8 Å². The third-order valence-corrected chi connectivity index (χ3v) is 4.21. The van der Waals surface area contributed by atoms with Gasteiger partial charge in [-0.2, -0.15) is 5.10 Å². The molecule has 132 valence electrons. The zero-order valence-electron chi connectivity index (χ0n) is 13.1. The lowest BCUT2D eigenvalue weighted by molar-refractivity contribution is 0.0376. The number of nitrogens with one attached hydrogen (secondary N) is 2. The molecule has 1 fully saturated rings. The van der Waals surface area contributed by atoms with Gasteiger partial charge in [-0.05, 0) is 37.3 Å². The molecule has 0 atom stereocenters. The van der Waals surface area contributed by atoms with Crippen molar-refractivity contribution < 1.29 is 9.84 Å². The lowest BCUT2D eigenvalue weighted by Crippen LogP contribution is -2.39. The Labute approximate surface area is 156 Å². The van der Waals surface area contributed by atoms with Crippen LogP contribution in [-0.4, -0.2) is 60.7 Å². The molecule has 3 N–H and O–H groups in total. The highest BCUT2D eigenvalue weighted by molar-refractivity contribution is 7.80. The van der Waals surface area contributed by atoms with Gasteiger partial charge < -0.3 is 15.2 Å². The molecule has 2 rings (SSSR count). The minimum absolute atomic E-state index is 0.0731. The van der Waals surface area contributed by atoms with Gasteiger partial charge in [-0.15, -0.1) is 0 Å². The van der Waals surface area contributed by atoms with Crippen molar-refractivity contribution in [2.45, 2.75) is 6.42 Å². The van der Waals surface area contributed by atoms with Crippen LogP contribution in [-0.2, 0) is 4.74 Å². The number of hydrogen-bond donors (Lipinski definition) is 3. The number of morpholine rings is 1. The summed E-state index contributed by atoms with van der Waals surface area (Å²) in [5.41, 5.74) is 3.11. The van der Waals surface area contributed by atoms with E-state index in [9.17, 15) is 5.11 Å². The molecule has 1 saturated heterocycles. The fourth-order valence-corrected chi connectivity index (χ4v) is 2.88. The van der Waals surface area contributed by atoms with Crippen LogP contribution in [0.3, 0.4) is 0 Å². The van der Waals surface area contributed by atoms with E-state index in [1.165, 1.54) is 12.3 Å². The minimum atomic E-state index is -0.0731. The normalized spacial score (nSPS) is 15.6. The molecule has 0 saturated carbocycles. The summed E-state index contributed by atoms with van der Waals surface area (Å²) in [5, 5.41) is 17.9. The summed E-state index contributed by atoms with van der Waals surface area (Å²) in [6.07, 6.45) is 2.39. The number of thiocarbonyl (C=S) groups is 1. The second-order valence-corrected chi connectivity index (χ2v) is 6.51. The van der Waals surface area contributed by atoms with Crippen LogP contribution in [0.2, 0.25) is 10.0 Å². The van der Waals surface area contributed by atoms with E-state index in [0.717, 1.165) is 45.8 Å². The SMILES string of the molecule is Oc1c(Cl)cc(Cl)cc1/C=N/NC(=S)NCCCN1CCOCC1. The molecule has 0 amide bonds. The quantitative estimate of drug-likeness (QED) is 0.299. The standard InChI is InChI=1S/C15H20Cl2N4O2S/c16-12-8-11(14(22)13(17)9-12)10-19-20-15(24)18-2-1-3-21-4-6-23-7-5-21/h8-10,22H,1-7H2,(H2,18,20,24)/b19-10+. The van der Waals surface area contributed by atoms with Gasteiger partial charge in [0.2, 0.25) is 0 Å². The fraction of sp³-hybridized carbons (Fsp3) is 0.467. The van der Waals surface area contributed by atoms with Gasteiger partial charge in [0.05, 0.1) is 24.5 Å². The molecule has 1 heterocycles. The first kappa shape index (κ1) is 19.2. The topological polar surface area (TPSA) is 69.1 Å². The van der Waals surface area contributed by atoms with Gasteiger partial charge in [0.1, 0.15) is 5.75 Å². The highest BCUT2D eigenvalue weighted by Gasteiger charge is 2.09. The van der Waals surface area contributed by atoms with Crippen LogP contribution in [0.1, 0.15) is 12.0 Å². The third kappa shape index (κ3) is 6.41. The predicted molar refractivity (Wildman–Crippen MR) is 101 cm³/mol.